The molecule has 0 aliphatic carbocycles. The fourth-order valence-electron chi connectivity index (χ4n) is 1.53. The first-order valence-corrected chi connectivity index (χ1v) is 6.35. The van der Waals surface area contributed by atoms with Crippen LogP contribution >= 0.6 is 22.9 Å². The van der Waals surface area contributed by atoms with Crippen LogP contribution in [0.5, 0.6) is 0 Å². The van der Waals surface area contributed by atoms with Gasteiger partial charge in [-0.2, -0.15) is 0 Å². The maximum atomic E-state index is 12.2. The van der Waals surface area contributed by atoms with Gasteiger partial charge in [0.2, 0.25) is 5.78 Å². The van der Waals surface area contributed by atoms with E-state index in [2.05, 4.69) is 0 Å². The number of nitrogens with two attached hydrogens (primary N) is 1. The second-order valence-electron chi connectivity index (χ2n) is 3.97. The molecule has 2 rings (SSSR count). The van der Waals surface area contributed by atoms with Gasteiger partial charge in [-0.15, -0.1) is 11.3 Å². The van der Waals surface area contributed by atoms with Crippen molar-refractivity contribution in [3.8, 4) is 0 Å². The van der Waals surface area contributed by atoms with Gasteiger partial charge in [0.25, 0.3) is 0 Å². The predicted molar refractivity (Wildman–Crippen MR) is 73.1 cm³/mol. The zero-order chi connectivity index (χ0) is 12.6. The highest BCUT2D eigenvalue weighted by Gasteiger charge is 2.14. The molecule has 0 aliphatic rings. The molecule has 1 heterocycles. The van der Waals surface area contributed by atoms with Crippen LogP contribution in [0.25, 0.3) is 0 Å². The molecule has 1 aromatic carbocycles. The van der Waals surface area contributed by atoms with E-state index in [9.17, 15) is 4.79 Å². The molecule has 0 saturated carbocycles. The second-order valence-corrected chi connectivity index (χ2v) is 5.62. The van der Waals surface area contributed by atoms with Gasteiger partial charge in [-0.05, 0) is 49.2 Å². The Labute approximate surface area is 109 Å². The number of hydrogen-bond acceptors (Lipinski definition) is 3. The summed E-state index contributed by atoms with van der Waals surface area (Å²) < 4.78 is 0.667. The molecule has 4 heteroatoms. The topological polar surface area (TPSA) is 43.1 Å². The van der Waals surface area contributed by atoms with Gasteiger partial charge in [0.05, 0.1) is 9.21 Å². The van der Waals surface area contributed by atoms with Gasteiger partial charge in [0.15, 0.2) is 0 Å². The van der Waals surface area contributed by atoms with Crippen molar-refractivity contribution in [2.75, 3.05) is 5.73 Å². The van der Waals surface area contributed by atoms with E-state index in [1.54, 1.807) is 18.2 Å². The van der Waals surface area contributed by atoms with E-state index >= 15 is 0 Å². The van der Waals surface area contributed by atoms with Gasteiger partial charge >= 0.3 is 0 Å². The van der Waals surface area contributed by atoms with Crippen molar-refractivity contribution in [1.29, 1.82) is 0 Å². The fraction of sp³-hybridized carbons (Fsp3) is 0.154. The standard InChI is InChI=1S/C13H12ClNOS/c1-7-5-9(3-4-10(7)15)12(16)11-6-8(2)13(14)17-11/h3-6H,15H2,1-2H3. The molecule has 0 unspecified atom stereocenters. The minimum absolute atomic E-state index is 0.00639. The monoisotopic (exact) mass is 265 g/mol. The number of ketones is 1. The van der Waals surface area contributed by atoms with Crippen molar-refractivity contribution in [1.82, 2.24) is 0 Å². The highest BCUT2D eigenvalue weighted by molar-refractivity contribution is 7.18. The zero-order valence-corrected chi connectivity index (χ0v) is 11.2. The van der Waals surface area contributed by atoms with Gasteiger partial charge in [-0.3, -0.25) is 4.79 Å². The van der Waals surface area contributed by atoms with E-state index in [4.69, 9.17) is 17.3 Å². The van der Waals surface area contributed by atoms with Crippen LogP contribution in [0.2, 0.25) is 4.34 Å². The first-order valence-electron chi connectivity index (χ1n) is 5.16. The molecule has 0 atom stereocenters. The summed E-state index contributed by atoms with van der Waals surface area (Å²) in [5.74, 6) is -0.00639. The Morgan fingerprint density at radius 2 is 1.94 bits per heavy atom. The molecule has 1 aromatic heterocycles. The normalized spacial score (nSPS) is 10.5. The van der Waals surface area contributed by atoms with Crippen LogP contribution in [0, 0.1) is 13.8 Å². The molecule has 0 bridgehead atoms. The van der Waals surface area contributed by atoms with E-state index in [-0.39, 0.29) is 5.78 Å². The molecular weight excluding hydrogens is 254 g/mol. The molecule has 0 fully saturated rings. The van der Waals surface area contributed by atoms with Gasteiger partial charge in [0.1, 0.15) is 0 Å². The lowest BCUT2D eigenvalue weighted by Gasteiger charge is -2.02. The molecule has 2 N–H and O–H groups in total. The number of thiophene rings is 1. The Bertz CT molecular complexity index is 570. The summed E-state index contributed by atoms with van der Waals surface area (Å²) >= 11 is 7.28. The summed E-state index contributed by atoms with van der Waals surface area (Å²) in [4.78, 5) is 12.8. The Morgan fingerprint density at radius 1 is 1.24 bits per heavy atom. The van der Waals surface area contributed by atoms with Crippen LogP contribution < -0.4 is 5.73 Å². The highest BCUT2D eigenvalue weighted by atomic mass is 35.5. The van der Waals surface area contributed by atoms with E-state index in [0.29, 0.717) is 20.5 Å². The third-order valence-corrected chi connectivity index (χ3v) is 4.17. The lowest BCUT2D eigenvalue weighted by molar-refractivity contribution is 0.104. The van der Waals surface area contributed by atoms with Crippen LogP contribution in [0.4, 0.5) is 5.69 Å². The first kappa shape index (κ1) is 12.1. The number of benzene rings is 1. The molecule has 2 nitrogen and oxygen atoms in total. The Balaban J connectivity index is 2.40. The van der Waals surface area contributed by atoms with Crippen molar-refractivity contribution >= 4 is 34.4 Å². The summed E-state index contributed by atoms with van der Waals surface area (Å²) in [6, 6.07) is 7.12. The number of hydrogen-bond donors (Lipinski definition) is 1. The maximum absolute atomic E-state index is 12.2. The first-order chi connectivity index (χ1) is 7.99. The number of rotatable bonds is 2. The summed E-state index contributed by atoms with van der Waals surface area (Å²) in [6.45, 7) is 3.78. The Kier molecular flexibility index (Phi) is 3.22. The summed E-state index contributed by atoms with van der Waals surface area (Å²) in [5.41, 5.74) is 8.92. The largest absolute Gasteiger partial charge is 0.399 e. The van der Waals surface area contributed by atoms with Crippen molar-refractivity contribution in [3.63, 3.8) is 0 Å². The second kappa shape index (κ2) is 4.51. The Hall–Kier alpha value is -1.32. The predicted octanol–water partition coefficient (Wildman–Crippen LogP) is 3.83. The van der Waals surface area contributed by atoms with Crippen molar-refractivity contribution < 1.29 is 4.79 Å². The van der Waals surface area contributed by atoms with E-state index < -0.39 is 0 Å². The molecule has 0 radical (unpaired) electrons. The van der Waals surface area contributed by atoms with Crippen LogP contribution in [-0.2, 0) is 0 Å². The zero-order valence-electron chi connectivity index (χ0n) is 9.58. The third-order valence-electron chi connectivity index (χ3n) is 2.61. The molecule has 17 heavy (non-hydrogen) atoms. The van der Waals surface area contributed by atoms with Gasteiger partial charge < -0.3 is 5.73 Å². The quantitative estimate of drug-likeness (QED) is 0.662. The van der Waals surface area contributed by atoms with Crippen molar-refractivity contribution in [3.05, 3.63) is 50.2 Å². The lowest BCUT2D eigenvalue weighted by atomic mass is 10.1. The molecule has 2 aromatic rings. The number of carbonyl (C=O) groups is 1. The smallest absolute Gasteiger partial charge is 0.203 e. The molecule has 0 saturated heterocycles. The summed E-state index contributed by atoms with van der Waals surface area (Å²) in [6.07, 6.45) is 0. The number of nitrogen functional groups attached to an aromatic ring is 1. The molecule has 0 aliphatic heterocycles. The van der Waals surface area contributed by atoms with Gasteiger partial charge in [-0.1, -0.05) is 11.6 Å². The van der Waals surface area contributed by atoms with Crippen LogP contribution in [-0.4, -0.2) is 5.78 Å². The minimum atomic E-state index is -0.00639. The van der Waals surface area contributed by atoms with Gasteiger partial charge in [0, 0.05) is 11.3 Å². The van der Waals surface area contributed by atoms with E-state index in [1.807, 2.05) is 19.9 Å². The highest BCUT2D eigenvalue weighted by Crippen LogP contribution is 2.29. The minimum Gasteiger partial charge on any atom is -0.399 e. The fourth-order valence-corrected chi connectivity index (χ4v) is 2.69. The number of aryl methyl sites for hydroxylation is 2. The lowest BCUT2D eigenvalue weighted by Crippen LogP contribution is -2.00. The van der Waals surface area contributed by atoms with Crippen LogP contribution in [0.15, 0.2) is 24.3 Å². The summed E-state index contributed by atoms with van der Waals surface area (Å²) in [7, 11) is 0. The van der Waals surface area contributed by atoms with Crippen LogP contribution in [0.1, 0.15) is 26.4 Å². The Morgan fingerprint density at radius 3 is 2.47 bits per heavy atom. The van der Waals surface area contributed by atoms with Gasteiger partial charge in [-0.25, -0.2) is 0 Å². The van der Waals surface area contributed by atoms with E-state index in [1.165, 1.54) is 11.3 Å². The van der Waals surface area contributed by atoms with E-state index in [0.717, 1.165) is 11.1 Å². The third kappa shape index (κ3) is 2.35. The number of carbonyl (C=O) groups excluding carboxylic acids is 1. The van der Waals surface area contributed by atoms with Crippen molar-refractivity contribution in [2.45, 2.75) is 13.8 Å². The average Bonchev–Trinajstić information content (AvgIpc) is 2.62. The average molecular weight is 266 g/mol. The SMILES string of the molecule is Cc1cc(C(=O)c2cc(C)c(Cl)s2)ccc1N. The molecule has 88 valence electrons. The molecule has 0 amide bonds. The van der Waals surface area contributed by atoms with Crippen LogP contribution in [0.3, 0.4) is 0 Å². The maximum Gasteiger partial charge on any atom is 0.203 e. The number of halogens is 1. The molecular formula is C13H12ClNOS. The summed E-state index contributed by atoms with van der Waals surface area (Å²) in [5, 5.41) is 0. The molecule has 0 spiro atoms. The number of anilines is 1. The van der Waals surface area contributed by atoms with Crippen molar-refractivity contribution in [2.24, 2.45) is 0 Å².